The summed E-state index contributed by atoms with van der Waals surface area (Å²) in [6.07, 6.45) is 1.53. The van der Waals surface area contributed by atoms with Crippen LogP contribution >= 0.6 is 11.6 Å². The summed E-state index contributed by atoms with van der Waals surface area (Å²) in [6, 6.07) is 4.34. The SMILES string of the molecule is CO[C@@]1(CN2CC3(F)CC2C3)CCN(c2cc(F)c(S(=O)(=O)Nc3cccc(F)n3)c(F)c2Cl)C1. The van der Waals surface area contributed by atoms with E-state index in [4.69, 9.17) is 16.3 Å². The third-order valence-corrected chi connectivity index (χ3v) is 8.86. The number of nitrogens with one attached hydrogen (secondary N) is 1. The second kappa shape index (κ2) is 8.46. The largest absolute Gasteiger partial charge is 0.375 e. The predicted molar refractivity (Wildman–Crippen MR) is 121 cm³/mol. The number of methoxy groups -OCH3 is 1. The first kappa shape index (κ1) is 24.5. The normalized spacial score (nSPS) is 28.4. The lowest BCUT2D eigenvalue weighted by Gasteiger charge is -2.35. The van der Waals surface area contributed by atoms with E-state index in [1.165, 1.54) is 6.07 Å². The molecule has 1 aliphatic carbocycles. The van der Waals surface area contributed by atoms with E-state index in [-0.39, 0.29) is 18.3 Å². The van der Waals surface area contributed by atoms with Crippen molar-refractivity contribution in [2.75, 3.05) is 42.9 Å². The fourth-order valence-electron chi connectivity index (χ4n) is 5.33. The number of nitrogens with zero attached hydrogens (tertiary/aromatic N) is 3. The fraction of sp³-hybridized carbons (Fsp3) is 0.500. The van der Waals surface area contributed by atoms with Gasteiger partial charge in [-0.05, 0) is 31.4 Å². The molecule has 0 spiro atoms. The Morgan fingerprint density at radius 3 is 2.63 bits per heavy atom. The highest BCUT2D eigenvalue weighted by Crippen LogP contribution is 2.48. The first-order valence-corrected chi connectivity index (χ1v) is 12.9. The molecule has 3 aliphatic heterocycles. The first-order valence-electron chi connectivity index (χ1n) is 11.0. The minimum atomic E-state index is -4.80. The molecule has 3 saturated heterocycles. The molecule has 1 saturated carbocycles. The van der Waals surface area contributed by atoms with Crippen LogP contribution in [0.1, 0.15) is 19.3 Å². The predicted octanol–water partition coefficient (Wildman–Crippen LogP) is 3.73. The molecule has 0 radical (unpaired) electrons. The lowest BCUT2D eigenvalue weighted by atomic mass is 9.83. The quantitative estimate of drug-likeness (QED) is 0.331. The van der Waals surface area contributed by atoms with Crippen LogP contribution in [-0.4, -0.2) is 68.9 Å². The van der Waals surface area contributed by atoms with Crippen molar-refractivity contribution in [2.45, 2.75) is 41.5 Å². The van der Waals surface area contributed by atoms with Crippen LogP contribution in [0.25, 0.3) is 0 Å². The number of fused-ring (bicyclic) bond motifs is 1. The summed E-state index contributed by atoms with van der Waals surface area (Å²) in [5, 5.41) is -0.572. The van der Waals surface area contributed by atoms with Crippen molar-refractivity contribution in [1.82, 2.24) is 9.88 Å². The van der Waals surface area contributed by atoms with Crippen molar-refractivity contribution in [1.29, 1.82) is 0 Å². The van der Waals surface area contributed by atoms with Gasteiger partial charge in [-0.2, -0.15) is 4.39 Å². The molecule has 190 valence electrons. The number of pyridine rings is 1. The summed E-state index contributed by atoms with van der Waals surface area (Å²) in [4.78, 5) is 5.73. The maximum absolute atomic E-state index is 15.2. The zero-order valence-electron chi connectivity index (χ0n) is 18.7. The third-order valence-electron chi connectivity index (χ3n) is 7.11. The number of anilines is 2. The van der Waals surface area contributed by atoms with Crippen LogP contribution in [0.4, 0.5) is 29.1 Å². The van der Waals surface area contributed by atoms with Crippen molar-refractivity contribution in [3.8, 4) is 0 Å². The Morgan fingerprint density at radius 2 is 2.00 bits per heavy atom. The molecular weight excluding hydrogens is 512 g/mol. The van der Waals surface area contributed by atoms with Gasteiger partial charge in [0.2, 0.25) is 5.95 Å². The maximum Gasteiger partial charge on any atom is 0.268 e. The Kier molecular flexibility index (Phi) is 5.93. The van der Waals surface area contributed by atoms with Crippen molar-refractivity contribution in [2.24, 2.45) is 0 Å². The number of alkyl halides is 1. The molecule has 7 nitrogen and oxygen atoms in total. The van der Waals surface area contributed by atoms with E-state index in [1.807, 2.05) is 4.72 Å². The summed E-state index contributed by atoms with van der Waals surface area (Å²) in [7, 11) is -3.26. The second-order valence-electron chi connectivity index (χ2n) is 9.46. The molecule has 0 unspecified atom stereocenters. The Bertz CT molecular complexity index is 1280. The number of aromatic nitrogens is 1. The van der Waals surface area contributed by atoms with Gasteiger partial charge in [-0.15, -0.1) is 0 Å². The monoisotopic (exact) mass is 534 g/mol. The van der Waals surface area contributed by atoms with Gasteiger partial charge in [0.05, 0.1) is 11.3 Å². The van der Waals surface area contributed by atoms with Crippen molar-refractivity contribution in [3.05, 3.63) is 46.9 Å². The molecule has 2 aromatic rings. The Hall–Kier alpha value is -2.15. The third kappa shape index (κ3) is 4.34. The van der Waals surface area contributed by atoms with E-state index in [0.717, 1.165) is 18.2 Å². The van der Waals surface area contributed by atoms with Crippen molar-refractivity contribution >= 4 is 33.1 Å². The molecule has 2 bridgehead atoms. The van der Waals surface area contributed by atoms with Crippen LogP contribution in [0.3, 0.4) is 0 Å². The molecule has 35 heavy (non-hydrogen) atoms. The number of hydrogen-bond donors (Lipinski definition) is 1. The second-order valence-corrected chi connectivity index (χ2v) is 11.5. The average molecular weight is 535 g/mol. The number of hydrogen-bond acceptors (Lipinski definition) is 6. The van der Waals surface area contributed by atoms with Crippen LogP contribution in [0, 0.1) is 17.6 Å². The fourth-order valence-corrected chi connectivity index (χ4v) is 6.80. The van der Waals surface area contributed by atoms with Crippen molar-refractivity contribution < 1.29 is 30.7 Å². The number of sulfonamides is 1. The van der Waals surface area contributed by atoms with E-state index in [2.05, 4.69) is 9.88 Å². The first-order chi connectivity index (χ1) is 16.4. The highest BCUT2D eigenvalue weighted by molar-refractivity contribution is 7.92. The van der Waals surface area contributed by atoms with Crippen LogP contribution in [0.15, 0.2) is 29.2 Å². The Morgan fingerprint density at radius 1 is 1.26 bits per heavy atom. The van der Waals surface area contributed by atoms with Crippen LogP contribution < -0.4 is 9.62 Å². The number of halogens is 5. The standard InChI is InChI=1S/C22H23ClF4N4O3S/c1-34-22(12-31-10-21(27)8-13(31)9-21)5-6-30(11-22)15-7-14(24)20(19(26)18(15)23)35(32,33)29-17-4-2-3-16(25)28-17/h2-4,7,13H,5-6,8-12H2,1H3,(H,28,29)/t13?,21?,22-/m0/s1. The van der Waals surface area contributed by atoms with E-state index < -0.39 is 54.6 Å². The van der Waals surface area contributed by atoms with Gasteiger partial charge < -0.3 is 9.64 Å². The summed E-state index contributed by atoms with van der Waals surface area (Å²) < 4.78 is 90.8. The Labute approximate surface area is 205 Å². The lowest BCUT2D eigenvalue weighted by Crippen LogP contribution is -2.47. The molecule has 1 aromatic heterocycles. The zero-order chi connectivity index (χ0) is 25.2. The molecule has 4 heterocycles. The van der Waals surface area contributed by atoms with E-state index in [9.17, 15) is 17.2 Å². The summed E-state index contributed by atoms with van der Waals surface area (Å²) in [6.45, 7) is 1.40. The van der Waals surface area contributed by atoms with Gasteiger partial charge in [-0.25, -0.2) is 26.6 Å². The zero-order valence-corrected chi connectivity index (χ0v) is 20.3. The number of rotatable bonds is 7. The van der Waals surface area contributed by atoms with Gasteiger partial charge in [0.15, 0.2) is 10.7 Å². The van der Waals surface area contributed by atoms with Crippen LogP contribution in [-0.2, 0) is 14.8 Å². The molecule has 6 rings (SSSR count). The molecule has 1 aromatic carbocycles. The van der Waals surface area contributed by atoms with Gasteiger partial charge in [-0.3, -0.25) is 9.62 Å². The highest BCUT2D eigenvalue weighted by atomic mass is 35.5. The minimum Gasteiger partial charge on any atom is -0.375 e. The molecule has 1 N–H and O–H groups in total. The molecular formula is C22H23ClF4N4O3S. The van der Waals surface area contributed by atoms with E-state index in [0.29, 0.717) is 38.9 Å². The van der Waals surface area contributed by atoms with Crippen LogP contribution in [0.5, 0.6) is 0 Å². The molecule has 4 fully saturated rings. The highest BCUT2D eigenvalue weighted by Gasteiger charge is 2.57. The molecule has 1 atom stereocenters. The summed E-state index contributed by atoms with van der Waals surface area (Å²) in [5.41, 5.74) is -1.85. The number of ether oxygens (including phenoxy) is 1. The average Bonchev–Trinajstić information content (AvgIpc) is 3.41. The van der Waals surface area contributed by atoms with Gasteiger partial charge in [0.1, 0.15) is 22.3 Å². The Balaban J connectivity index is 1.39. The van der Waals surface area contributed by atoms with Gasteiger partial charge in [0, 0.05) is 45.4 Å². The van der Waals surface area contributed by atoms with Gasteiger partial charge in [-0.1, -0.05) is 17.7 Å². The topological polar surface area (TPSA) is 74.8 Å². The van der Waals surface area contributed by atoms with Crippen molar-refractivity contribution in [3.63, 3.8) is 0 Å². The molecule has 4 aliphatic rings. The van der Waals surface area contributed by atoms with E-state index >= 15 is 8.78 Å². The number of benzene rings is 1. The van der Waals surface area contributed by atoms with Gasteiger partial charge in [0.25, 0.3) is 10.0 Å². The van der Waals surface area contributed by atoms with E-state index in [1.54, 1.807) is 12.0 Å². The summed E-state index contributed by atoms with van der Waals surface area (Å²) >= 11 is 6.19. The van der Waals surface area contributed by atoms with Crippen LogP contribution in [0.2, 0.25) is 5.02 Å². The lowest BCUT2D eigenvalue weighted by molar-refractivity contribution is -0.0204. The smallest absolute Gasteiger partial charge is 0.268 e. The molecule has 0 amide bonds. The minimum absolute atomic E-state index is 0.0175. The molecule has 13 heteroatoms. The summed E-state index contributed by atoms with van der Waals surface area (Å²) in [5.74, 6) is -4.24. The maximum atomic E-state index is 15.2. The van der Waals surface area contributed by atoms with Gasteiger partial charge >= 0.3 is 0 Å².